The zero-order valence-corrected chi connectivity index (χ0v) is 15.7. The van der Waals surface area contributed by atoms with E-state index in [0.717, 1.165) is 20.1 Å². The van der Waals surface area contributed by atoms with Crippen LogP contribution in [0.4, 0.5) is 5.13 Å². The first kappa shape index (κ1) is 17.1. The van der Waals surface area contributed by atoms with E-state index in [1.165, 1.54) is 23.1 Å². The molecule has 0 saturated carbocycles. The van der Waals surface area contributed by atoms with Gasteiger partial charge in [-0.25, -0.2) is 0 Å². The van der Waals surface area contributed by atoms with E-state index in [9.17, 15) is 4.79 Å². The van der Waals surface area contributed by atoms with Gasteiger partial charge in [0.05, 0.1) is 5.52 Å². The van der Waals surface area contributed by atoms with Crippen LogP contribution in [0, 0.1) is 5.41 Å². The first-order valence-corrected chi connectivity index (χ1v) is 9.21. The molecule has 0 saturated heterocycles. The number of carbonyl (C=O) groups excluding carboxylic acids is 1. The summed E-state index contributed by atoms with van der Waals surface area (Å²) in [5.74, 6) is -0.0841. The van der Waals surface area contributed by atoms with Crippen molar-refractivity contribution in [2.75, 3.05) is 5.32 Å². The van der Waals surface area contributed by atoms with Gasteiger partial charge < -0.3 is 5.32 Å². The zero-order chi connectivity index (χ0) is 17.3. The molecule has 0 aliphatic carbocycles. The number of nitrogens with zero attached hydrogens (tertiary/aromatic N) is 3. The lowest BCUT2D eigenvalue weighted by Gasteiger charge is -2.15. The number of nitrogens with one attached hydrogen (secondary N) is 1. The Morgan fingerprint density at radius 3 is 2.79 bits per heavy atom. The molecule has 0 spiro atoms. The van der Waals surface area contributed by atoms with Crippen LogP contribution in [0.2, 0.25) is 5.02 Å². The van der Waals surface area contributed by atoms with Crippen molar-refractivity contribution in [3.63, 3.8) is 0 Å². The van der Waals surface area contributed by atoms with Gasteiger partial charge in [-0.3, -0.25) is 9.78 Å². The molecule has 8 heteroatoms. The molecule has 2 aromatic heterocycles. The second-order valence-corrected chi connectivity index (χ2v) is 8.85. The van der Waals surface area contributed by atoms with Gasteiger partial charge in [0.1, 0.15) is 0 Å². The number of benzene rings is 1. The lowest BCUT2D eigenvalue weighted by Crippen LogP contribution is -2.27. The van der Waals surface area contributed by atoms with Gasteiger partial charge >= 0.3 is 0 Å². The monoisotopic (exact) mass is 378 g/mol. The van der Waals surface area contributed by atoms with E-state index in [4.69, 9.17) is 11.6 Å². The average molecular weight is 379 g/mol. The second kappa shape index (κ2) is 6.66. The third kappa shape index (κ3) is 3.85. The molecular formula is C16H15ClN4OS2. The van der Waals surface area contributed by atoms with Crippen LogP contribution < -0.4 is 5.32 Å². The molecule has 0 atom stereocenters. The van der Waals surface area contributed by atoms with Gasteiger partial charge in [-0.05, 0) is 18.2 Å². The van der Waals surface area contributed by atoms with E-state index in [1.54, 1.807) is 6.20 Å². The Morgan fingerprint density at radius 1 is 1.25 bits per heavy atom. The maximum Gasteiger partial charge on any atom is 0.231 e. The molecule has 3 aromatic rings. The summed E-state index contributed by atoms with van der Waals surface area (Å²) >= 11 is 8.85. The first-order chi connectivity index (χ1) is 11.3. The molecule has 3 rings (SSSR count). The minimum Gasteiger partial charge on any atom is -0.300 e. The fourth-order valence-corrected chi connectivity index (χ4v) is 3.86. The average Bonchev–Trinajstić information content (AvgIpc) is 2.93. The number of hydrogen-bond acceptors (Lipinski definition) is 6. The van der Waals surface area contributed by atoms with E-state index in [-0.39, 0.29) is 5.91 Å². The zero-order valence-electron chi connectivity index (χ0n) is 13.3. The van der Waals surface area contributed by atoms with Crippen LogP contribution in [-0.4, -0.2) is 21.1 Å². The summed E-state index contributed by atoms with van der Waals surface area (Å²) in [5.41, 5.74) is 0.359. The molecule has 2 heterocycles. The molecule has 1 N–H and O–H groups in total. The van der Waals surface area contributed by atoms with Gasteiger partial charge in [-0.1, -0.05) is 61.5 Å². The summed E-state index contributed by atoms with van der Waals surface area (Å²) in [6.07, 6.45) is 1.74. The Kier molecular flexibility index (Phi) is 4.76. The van der Waals surface area contributed by atoms with Crippen molar-refractivity contribution in [1.29, 1.82) is 0 Å². The highest BCUT2D eigenvalue weighted by molar-refractivity contribution is 8.01. The molecule has 5 nitrogen and oxygen atoms in total. The summed E-state index contributed by atoms with van der Waals surface area (Å²) in [5, 5.41) is 13.1. The van der Waals surface area contributed by atoms with E-state index in [0.29, 0.717) is 10.2 Å². The van der Waals surface area contributed by atoms with E-state index < -0.39 is 5.41 Å². The Labute approximate surface area is 152 Å². The number of rotatable bonds is 3. The van der Waals surface area contributed by atoms with Gasteiger partial charge in [-0.2, -0.15) is 0 Å². The topological polar surface area (TPSA) is 67.8 Å². The molecule has 0 radical (unpaired) electrons. The number of aromatic nitrogens is 3. The molecule has 24 heavy (non-hydrogen) atoms. The molecule has 1 aromatic carbocycles. The van der Waals surface area contributed by atoms with E-state index in [1.807, 2.05) is 45.0 Å². The number of pyridine rings is 1. The maximum absolute atomic E-state index is 12.0. The van der Waals surface area contributed by atoms with Crippen molar-refractivity contribution < 1.29 is 4.79 Å². The van der Waals surface area contributed by atoms with Crippen LogP contribution in [0.5, 0.6) is 0 Å². The Morgan fingerprint density at radius 2 is 2.04 bits per heavy atom. The first-order valence-electron chi connectivity index (χ1n) is 7.20. The number of carbonyl (C=O) groups is 1. The van der Waals surface area contributed by atoms with Crippen molar-refractivity contribution in [2.45, 2.75) is 30.0 Å². The van der Waals surface area contributed by atoms with Crippen LogP contribution in [0.1, 0.15) is 20.8 Å². The lowest BCUT2D eigenvalue weighted by molar-refractivity contribution is -0.123. The fraction of sp³-hybridized carbons (Fsp3) is 0.250. The highest BCUT2D eigenvalue weighted by Gasteiger charge is 2.22. The summed E-state index contributed by atoms with van der Waals surface area (Å²) in [6.45, 7) is 5.56. The molecule has 0 aliphatic heterocycles. The standard InChI is InChI=1S/C16H15ClN4OS2/c1-16(2,3)13(22)19-14-20-21-15(24-14)23-12-6-7-18-11-8-9(17)4-5-10(11)12/h4-8H,1-3H3,(H,19,20,22). The number of fused-ring (bicyclic) bond motifs is 1. The number of hydrogen-bond donors (Lipinski definition) is 1. The summed E-state index contributed by atoms with van der Waals surface area (Å²) in [6, 6.07) is 7.53. The summed E-state index contributed by atoms with van der Waals surface area (Å²) < 4.78 is 0.752. The highest BCUT2D eigenvalue weighted by atomic mass is 35.5. The minimum atomic E-state index is -0.473. The Hall–Kier alpha value is -1.70. The predicted molar refractivity (Wildman–Crippen MR) is 98.9 cm³/mol. The highest BCUT2D eigenvalue weighted by Crippen LogP contribution is 2.36. The van der Waals surface area contributed by atoms with Crippen LogP contribution in [0.3, 0.4) is 0 Å². The summed E-state index contributed by atoms with van der Waals surface area (Å²) in [4.78, 5) is 17.4. The quantitative estimate of drug-likeness (QED) is 0.658. The SMILES string of the molecule is CC(C)(C)C(=O)Nc1nnc(Sc2ccnc3cc(Cl)ccc23)s1. The van der Waals surface area contributed by atoms with Crippen LogP contribution in [0.15, 0.2) is 39.7 Å². The number of halogens is 1. The smallest absolute Gasteiger partial charge is 0.231 e. The molecule has 0 unspecified atom stereocenters. The summed E-state index contributed by atoms with van der Waals surface area (Å²) in [7, 11) is 0. The van der Waals surface area contributed by atoms with Crippen molar-refractivity contribution in [3.8, 4) is 0 Å². The fourth-order valence-electron chi connectivity index (χ4n) is 1.86. The molecule has 0 bridgehead atoms. The Balaban J connectivity index is 1.82. The van der Waals surface area contributed by atoms with Gasteiger partial charge in [0.25, 0.3) is 0 Å². The number of anilines is 1. The predicted octanol–water partition coefficient (Wildman–Crippen LogP) is 4.88. The van der Waals surface area contributed by atoms with Gasteiger partial charge in [0.15, 0.2) is 4.34 Å². The van der Waals surface area contributed by atoms with Crippen molar-refractivity contribution in [3.05, 3.63) is 35.5 Å². The van der Waals surface area contributed by atoms with Crippen LogP contribution in [-0.2, 0) is 4.79 Å². The third-order valence-electron chi connectivity index (χ3n) is 3.17. The molecule has 1 amide bonds. The van der Waals surface area contributed by atoms with Gasteiger partial charge in [0, 0.05) is 26.9 Å². The van der Waals surface area contributed by atoms with Crippen LogP contribution in [0.25, 0.3) is 10.9 Å². The van der Waals surface area contributed by atoms with E-state index in [2.05, 4.69) is 20.5 Å². The molecule has 0 fully saturated rings. The molecule has 0 aliphatic rings. The Bertz CT molecular complexity index is 904. The van der Waals surface area contributed by atoms with Gasteiger partial charge in [0.2, 0.25) is 11.0 Å². The van der Waals surface area contributed by atoms with Crippen molar-refractivity contribution in [2.24, 2.45) is 5.41 Å². The van der Waals surface area contributed by atoms with E-state index >= 15 is 0 Å². The minimum absolute atomic E-state index is 0.0841. The van der Waals surface area contributed by atoms with Gasteiger partial charge in [-0.15, -0.1) is 10.2 Å². The largest absolute Gasteiger partial charge is 0.300 e. The third-order valence-corrected chi connectivity index (χ3v) is 5.37. The number of amides is 1. The maximum atomic E-state index is 12.0. The van der Waals surface area contributed by atoms with Crippen LogP contribution >= 0.6 is 34.7 Å². The van der Waals surface area contributed by atoms with Crippen molar-refractivity contribution >= 4 is 56.6 Å². The van der Waals surface area contributed by atoms with Crippen molar-refractivity contribution in [1.82, 2.24) is 15.2 Å². The lowest BCUT2D eigenvalue weighted by atomic mass is 9.96. The molecular weight excluding hydrogens is 364 g/mol. The molecule has 124 valence electrons. The second-order valence-electron chi connectivity index (χ2n) is 6.15. The normalized spacial score (nSPS) is 11.7.